The highest BCUT2D eigenvalue weighted by atomic mass is 32.2. The van der Waals surface area contributed by atoms with Crippen LogP contribution >= 0.6 is 11.8 Å². The summed E-state index contributed by atoms with van der Waals surface area (Å²) >= 11 is 1.11. The summed E-state index contributed by atoms with van der Waals surface area (Å²) in [6, 6.07) is 8.01. The van der Waals surface area contributed by atoms with E-state index < -0.39 is 15.9 Å². The number of thioether (sulfide) groups is 1. The van der Waals surface area contributed by atoms with Crippen molar-refractivity contribution in [2.24, 2.45) is 5.73 Å². The summed E-state index contributed by atoms with van der Waals surface area (Å²) in [5.41, 5.74) is 7.59. The van der Waals surface area contributed by atoms with Crippen LogP contribution in [0.25, 0.3) is 0 Å². The van der Waals surface area contributed by atoms with Crippen LogP contribution in [0.3, 0.4) is 0 Å². The lowest BCUT2D eigenvalue weighted by Gasteiger charge is -2.26. The summed E-state index contributed by atoms with van der Waals surface area (Å²) in [6.07, 6.45) is 2.74. The fraction of sp³-hybridized carbons (Fsp3) is 0.381. The van der Waals surface area contributed by atoms with E-state index in [1.807, 2.05) is 0 Å². The van der Waals surface area contributed by atoms with Gasteiger partial charge in [0.15, 0.2) is 0 Å². The van der Waals surface area contributed by atoms with Gasteiger partial charge in [0.2, 0.25) is 15.9 Å². The molecular weight excluding hydrogens is 436 g/mol. The highest BCUT2D eigenvalue weighted by Gasteiger charge is 2.26. The third-order valence-corrected chi connectivity index (χ3v) is 7.84. The number of nitrogens with two attached hydrogens (primary N) is 1. The van der Waals surface area contributed by atoms with Gasteiger partial charge in [-0.2, -0.15) is 4.31 Å². The van der Waals surface area contributed by atoms with Crippen LogP contribution in [0.15, 0.2) is 40.3 Å². The molecular formula is C21H26N4O4S2. The van der Waals surface area contributed by atoms with Crippen LogP contribution in [0.4, 0.5) is 5.69 Å². The minimum atomic E-state index is -3.58. The molecule has 31 heavy (non-hydrogen) atoms. The molecule has 0 saturated carbocycles. The van der Waals surface area contributed by atoms with E-state index in [4.69, 9.17) is 5.73 Å². The molecule has 1 aliphatic heterocycles. The maximum Gasteiger partial charge on any atom is 0.251 e. The normalized spacial score (nSPS) is 14.9. The van der Waals surface area contributed by atoms with Gasteiger partial charge in [0.05, 0.1) is 16.2 Å². The number of piperidine rings is 1. The van der Waals surface area contributed by atoms with E-state index in [-0.39, 0.29) is 16.6 Å². The smallest absolute Gasteiger partial charge is 0.251 e. The van der Waals surface area contributed by atoms with E-state index in [2.05, 4.69) is 10.3 Å². The summed E-state index contributed by atoms with van der Waals surface area (Å²) in [7, 11) is -3.58. The summed E-state index contributed by atoms with van der Waals surface area (Å²) in [4.78, 5) is 28.7. The number of hydrogen-bond acceptors (Lipinski definition) is 6. The van der Waals surface area contributed by atoms with Crippen molar-refractivity contribution < 1.29 is 18.0 Å². The second kappa shape index (κ2) is 9.80. The van der Waals surface area contributed by atoms with Gasteiger partial charge in [0, 0.05) is 24.5 Å². The summed E-state index contributed by atoms with van der Waals surface area (Å²) in [5.74, 6) is -0.934. The Kier molecular flexibility index (Phi) is 7.34. The average Bonchev–Trinajstić information content (AvgIpc) is 2.72. The van der Waals surface area contributed by atoms with Crippen molar-refractivity contribution in [1.29, 1.82) is 0 Å². The minimum Gasteiger partial charge on any atom is -0.366 e. The zero-order chi connectivity index (χ0) is 22.6. The topological polar surface area (TPSA) is 122 Å². The Labute approximate surface area is 186 Å². The number of aromatic nitrogens is 1. The van der Waals surface area contributed by atoms with Gasteiger partial charge in [0.25, 0.3) is 5.91 Å². The van der Waals surface area contributed by atoms with E-state index in [1.54, 1.807) is 32.0 Å². The predicted molar refractivity (Wildman–Crippen MR) is 121 cm³/mol. The molecule has 0 aliphatic carbocycles. The Hall–Kier alpha value is -2.43. The van der Waals surface area contributed by atoms with Crippen molar-refractivity contribution in [3.63, 3.8) is 0 Å². The van der Waals surface area contributed by atoms with Gasteiger partial charge in [-0.15, -0.1) is 0 Å². The predicted octanol–water partition coefficient (Wildman–Crippen LogP) is 2.70. The van der Waals surface area contributed by atoms with Crippen molar-refractivity contribution in [2.45, 2.75) is 43.0 Å². The summed E-state index contributed by atoms with van der Waals surface area (Å²) < 4.78 is 27.2. The zero-order valence-electron chi connectivity index (χ0n) is 17.6. The van der Waals surface area contributed by atoms with Crippen LogP contribution in [-0.4, -0.2) is 48.4 Å². The van der Waals surface area contributed by atoms with E-state index in [9.17, 15) is 18.0 Å². The Morgan fingerprint density at radius 2 is 1.87 bits per heavy atom. The van der Waals surface area contributed by atoms with Gasteiger partial charge >= 0.3 is 0 Å². The van der Waals surface area contributed by atoms with E-state index >= 15 is 0 Å². The molecule has 1 aromatic heterocycles. The lowest BCUT2D eigenvalue weighted by molar-refractivity contribution is -0.113. The zero-order valence-corrected chi connectivity index (χ0v) is 19.2. The summed E-state index contributed by atoms with van der Waals surface area (Å²) in [5, 5.41) is 3.12. The maximum atomic E-state index is 12.9. The number of primary amides is 1. The van der Waals surface area contributed by atoms with Crippen LogP contribution in [0.2, 0.25) is 0 Å². The largest absolute Gasteiger partial charge is 0.366 e. The number of carbonyl (C=O) groups excluding carboxylic acids is 2. The molecule has 166 valence electrons. The van der Waals surface area contributed by atoms with Gasteiger partial charge in [-0.25, -0.2) is 13.4 Å². The molecule has 2 aromatic rings. The van der Waals surface area contributed by atoms with Gasteiger partial charge in [-0.1, -0.05) is 24.2 Å². The van der Waals surface area contributed by atoms with E-state index in [1.165, 1.54) is 16.4 Å². The first-order valence-electron chi connectivity index (χ1n) is 9.99. The van der Waals surface area contributed by atoms with Crippen LogP contribution in [0.5, 0.6) is 0 Å². The third-order valence-electron chi connectivity index (χ3n) is 4.97. The number of amides is 2. The van der Waals surface area contributed by atoms with Crippen molar-refractivity contribution in [1.82, 2.24) is 9.29 Å². The molecule has 3 rings (SSSR count). The highest BCUT2D eigenvalue weighted by molar-refractivity contribution is 8.00. The SMILES string of the molecule is Cc1cc(C)c(C(N)=O)c(SCC(=O)Nc2cccc(S(=O)(=O)N3CCCCC3)c2)n1. The Bertz CT molecular complexity index is 1100. The molecule has 1 fully saturated rings. The minimum absolute atomic E-state index is 0.000718. The van der Waals surface area contributed by atoms with Crippen LogP contribution in [0, 0.1) is 13.8 Å². The quantitative estimate of drug-likeness (QED) is 0.610. The number of carbonyl (C=O) groups is 2. The number of aryl methyl sites for hydroxylation is 2. The molecule has 0 radical (unpaired) electrons. The third kappa shape index (κ3) is 5.63. The molecule has 3 N–H and O–H groups in total. The molecule has 1 saturated heterocycles. The van der Waals surface area contributed by atoms with Crippen LogP contribution < -0.4 is 11.1 Å². The fourth-order valence-electron chi connectivity index (χ4n) is 3.53. The van der Waals surface area contributed by atoms with Gasteiger partial charge in [-0.3, -0.25) is 9.59 Å². The monoisotopic (exact) mass is 462 g/mol. The maximum absolute atomic E-state index is 12.9. The number of rotatable bonds is 7. The van der Waals surface area contributed by atoms with E-state index in [0.29, 0.717) is 34.9 Å². The molecule has 0 spiro atoms. The van der Waals surface area contributed by atoms with Gasteiger partial charge in [0.1, 0.15) is 5.03 Å². The standard InChI is InChI=1S/C21H26N4O4S2/c1-14-11-15(2)23-21(19(14)20(22)27)30-13-18(26)24-16-7-6-8-17(12-16)31(28,29)25-9-4-3-5-10-25/h6-8,11-12H,3-5,9-10,13H2,1-2H3,(H2,22,27)(H,24,26). The molecule has 8 nitrogen and oxygen atoms in total. The molecule has 0 atom stereocenters. The summed E-state index contributed by atoms with van der Waals surface area (Å²) in [6.45, 7) is 4.60. The first kappa shape index (κ1) is 23.2. The Morgan fingerprint density at radius 3 is 2.55 bits per heavy atom. The van der Waals surface area contributed by atoms with Crippen molar-refractivity contribution in [3.8, 4) is 0 Å². The lowest BCUT2D eigenvalue weighted by Crippen LogP contribution is -2.35. The molecule has 2 heterocycles. The number of nitrogens with zero attached hydrogens (tertiary/aromatic N) is 2. The fourth-order valence-corrected chi connectivity index (χ4v) is 6.04. The number of nitrogens with one attached hydrogen (secondary N) is 1. The van der Waals surface area contributed by atoms with Crippen LogP contribution in [-0.2, 0) is 14.8 Å². The van der Waals surface area contributed by atoms with Gasteiger partial charge in [-0.05, 0) is 56.5 Å². The molecule has 0 unspecified atom stereocenters. The average molecular weight is 463 g/mol. The highest BCUT2D eigenvalue weighted by Crippen LogP contribution is 2.25. The van der Waals surface area contributed by atoms with Crippen molar-refractivity contribution in [2.75, 3.05) is 24.2 Å². The second-order valence-electron chi connectivity index (χ2n) is 7.45. The Balaban J connectivity index is 1.70. The Morgan fingerprint density at radius 1 is 1.16 bits per heavy atom. The molecule has 1 aromatic carbocycles. The number of benzene rings is 1. The van der Waals surface area contributed by atoms with E-state index in [0.717, 1.165) is 36.7 Å². The van der Waals surface area contributed by atoms with Crippen molar-refractivity contribution >= 4 is 39.3 Å². The number of anilines is 1. The molecule has 1 aliphatic rings. The first-order valence-corrected chi connectivity index (χ1v) is 12.4. The van der Waals surface area contributed by atoms with Crippen molar-refractivity contribution in [3.05, 3.63) is 47.2 Å². The lowest BCUT2D eigenvalue weighted by atomic mass is 10.1. The second-order valence-corrected chi connectivity index (χ2v) is 10.4. The number of hydrogen-bond donors (Lipinski definition) is 2. The van der Waals surface area contributed by atoms with Crippen LogP contribution in [0.1, 0.15) is 40.9 Å². The number of sulfonamides is 1. The molecule has 10 heteroatoms. The van der Waals surface area contributed by atoms with Gasteiger partial charge < -0.3 is 11.1 Å². The molecule has 2 amide bonds. The number of pyridine rings is 1. The molecule has 0 bridgehead atoms. The first-order chi connectivity index (χ1) is 14.7.